The van der Waals surface area contributed by atoms with Gasteiger partial charge in [-0.05, 0) is 61.5 Å². The van der Waals surface area contributed by atoms with Crippen LogP contribution in [-0.2, 0) is 0 Å². The summed E-state index contributed by atoms with van der Waals surface area (Å²) < 4.78 is 0. The molecule has 1 saturated carbocycles. The molecule has 182 valence electrons. The van der Waals surface area contributed by atoms with Gasteiger partial charge in [0.05, 0.1) is 0 Å². The Morgan fingerprint density at radius 1 is 1.03 bits per heavy atom. The van der Waals surface area contributed by atoms with Crippen LogP contribution in [0.15, 0.2) is 30.5 Å². The fourth-order valence-electron chi connectivity index (χ4n) is 6.93. The zero-order chi connectivity index (χ0) is 25.2. The summed E-state index contributed by atoms with van der Waals surface area (Å²) in [6.45, 7) is 16.2. The monoisotopic (exact) mass is 468 g/mol. The Bertz CT molecular complexity index is 1100. The SMILES string of the molecule is [B]c1ccc(C)nc1C(=O)NC1(C)CC2CN(c3ccc(B4CC(C)(C)C(C)(C)C4)cn3)CC2C1. The summed E-state index contributed by atoms with van der Waals surface area (Å²) in [5.74, 6) is 2.03. The average molecular weight is 468 g/mol. The second-order valence-electron chi connectivity index (χ2n) is 13.1. The molecule has 2 atom stereocenters. The maximum Gasteiger partial charge on any atom is 0.269 e. The molecule has 2 aromatic heterocycles. The van der Waals surface area contributed by atoms with E-state index in [0.717, 1.165) is 37.4 Å². The van der Waals surface area contributed by atoms with Crippen LogP contribution in [0.5, 0.6) is 0 Å². The fraction of sp³-hybridized carbons (Fsp3) is 0.607. The molecule has 0 aromatic carbocycles. The van der Waals surface area contributed by atoms with Crippen LogP contribution in [0.3, 0.4) is 0 Å². The molecular weight excluding hydrogens is 430 g/mol. The number of hydrogen-bond acceptors (Lipinski definition) is 4. The minimum absolute atomic E-state index is 0.166. The van der Waals surface area contributed by atoms with E-state index in [9.17, 15) is 4.79 Å². The number of nitrogens with one attached hydrogen (secondary N) is 1. The molecule has 1 N–H and O–H groups in total. The number of rotatable bonds is 4. The molecule has 4 heterocycles. The van der Waals surface area contributed by atoms with Gasteiger partial charge in [-0.3, -0.25) is 4.79 Å². The smallest absolute Gasteiger partial charge is 0.269 e. The van der Waals surface area contributed by atoms with Gasteiger partial charge in [-0.2, -0.15) is 0 Å². The molecule has 3 fully saturated rings. The summed E-state index contributed by atoms with van der Waals surface area (Å²) in [6, 6.07) is 8.12. The summed E-state index contributed by atoms with van der Waals surface area (Å²) in [4.78, 5) is 24.6. The largest absolute Gasteiger partial charge is 0.356 e. The highest BCUT2D eigenvalue weighted by Gasteiger charge is 2.49. The summed E-state index contributed by atoms with van der Waals surface area (Å²) in [5.41, 5.74) is 3.43. The van der Waals surface area contributed by atoms with Gasteiger partial charge in [-0.1, -0.05) is 63.4 Å². The molecule has 2 unspecified atom stereocenters. The molecule has 2 aromatic rings. The van der Waals surface area contributed by atoms with E-state index in [4.69, 9.17) is 12.8 Å². The van der Waals surface area contributed by atoms with Crippen LogP contribution in [0.1, 0.15) is 63.6 Å². The van der Waals surface area contributed by atoms with E-state index in [1.54, 1.807) is 6.07 Å². The molecule has 5 rings (SSSR count). The van der Waals surface area contributed by atoms with Gasteiger partial charge in [0.25, 0.3) is 5.91 Å². The Hall–Kier alpha value is -2.30. The van der Waals surface area contributed by atoms with Crippen LogP contribution in [0.4, 0.5) is 5.82 Å². The maximum absolute atomic E-state index is 12.9. The highest BCUT2D eigenvalue weighted by molar-refractivity contribution is 6.74. The van der Waals surface area contributed by atoms with Crippen molar-refractivity contribution in [2.45, 2.75) is 72.6 Å². The molecule has 3 aliphatic rings. The van der Waals surface area contributed by atoms with Crippen molar-refractivity contribution in [1.29, 1.82) is 0 Å². The van der Waals surface area contributed by atoms with Crippen LogP contribution in [0.25, 0.3) is 0 Å². The van der Waals surface area contributed by atoms with Crippen molar-refractivity contribution >= 4 is 37.2 Å². The van der Waals surface area contributed by atoms with E-state index in [0.29, 0.717) is 40.5 Å². The van der Waals surface area contributed by atoms with Gasteiger partial charge in [0.2, 0.25) is 0 Å². The number of carbonyl (C=O) groups excluding carboxylic acids is 1. The first-order chi connectivity index (χ1) is 16.4. The number of aromatic nitrogens is 2. The highest BCUT2D eigenvalue weighted by atomic mass is 16.2. The first-order valence-corrected chi connectivity index (χ1v) is 13.1. The van der Waals surface area contributed by atoms with Crippen molar-refractivity contribution in [1.82, 2.24) is 15.3 Å². The van der Waals surface area contributed by atoms with Gasteiger partial charge in [0, 0.05) is 30.5 Å². The average Bonchev–Trinajstić information content (AvgIpc) is 3.36. The summed E-state index contributed by atoms with van der Waals surface area (Å²) >= 11 is 0. The third kappa shape index (κ3) is 4.51. The number of hydrogen-bond donors (Lipinski definition) is 1. The Morgan fingerprint density at radius 3 is 2.23 bits per heavy atom. The molecule has 0 bridgehead atoms. The second kappa shape index (κ2) is 8.38. The molecule has 0 spiro atoms. The molecule has 7 heteroatoms. The standard InChI is InChI=1S/C28H38B2N4O/c1-18-7-9-22(29)24(32-18)25(35)33-28(6)11-19-14-34(15-20(19)12-28)23-10-8-21(13-31-23)30-16-26(2,3)27(4,5)17-30/h7-10,13,19-20H,11-12,14-17H2,1-6H3,(H,33,35). The second-order valence-corrected chi connectivity index (χ2v) is 13.1. The third-order valence-electron chi connectivity index (χ3n) is 9.61. The van der Waals surface area contributed by atoms with Crippen molar-refractivity contribution in [2.75, 3.05) is 18.0 Å². The molecule has 1 aliphatic carbocycles. The summed E-state index contributed by atoms with van der Waals surface area (Å²) in [6.07, 6.45) is 6.51. The van der Waals surface area contributed by atoms with Crippen LogP contribution in [0.2, 0.25) is 12.6 Å². The molecule has 5 nitrogen and oxygen atoms in total. The lowest BCUT2D eigenvalue weighted by Gasteiger charge is -2.35. The van der Waals surface area contributed by atoms with Gasteiger partial charge >= 0.3 is 0 Å². The van der Waals surface area contributed by atoms with E-state index < -0.39 is 0 Å². The summed E-state index contributed by atoms with van der Waals surface area (Å²) in [7, 11) is 6.02. The molecule has 2 aliphatic heterocycles. The number of carbonyl (C=O) groups is 1. The van der Waals surface area contributed by atoms with Gasteiger partial charge in [0.15, 0.2) is 6.71 Å². The molecular formula is C28H38B2N4O. The van der Waals surface area contributed by atoms with E-state index in [2.05, 4.69) is 68.1 Å². The topological polar surface area (TPSA) is 58.1 Å². The highest BCUT2D eigenvalue weighted by Crippen LogP contribution is 2.52. The van der Waals surface area contributed by atoms with Crippen molar-refractivity contribution in [2.24, 2.45) is 22.7 Å². The number of aryl methyl sites for hydroxylation is 1. The Labute approximate surface area is 212 Å². The van der Waals surface area contributed by atoms with Crippen molar-refractivity contribution in [3.8, 4) is 0 Å². The van der Waals surface area contributed by atoms with Crippen LogP contribution in [-0.4, -0.2) is 49.1 Å². The quantitative estimate of drug-likeness (QED) is 0.700. The number of nitrogens with zero attached hydrogens (tertiary/aromatic N) is 3. The van der Waals surface area contributed by atoms with Gasteiger partial charge in [-0.25, -0.2) is 9.97 Å². The minimum atomic E-state index is -0.226. The lowest BCUT2D eigenvalue weighted by atomic mass is 9.42. The van der Waals surface area contributed by atoms with E-state index in [1.165, 1.54) is 18.1 Å². The third-order valence-corrected chi connectivity index (χ3v) is 9.61. The molecule has 1 amide bonds. The van der Waals surface area contributed by atoms with Crippen LogP contribution < -0.4 is 21.1 Å². The number of fused-ring (bicyclic) bond motifs is 1. The van der Waals surface area contributed by atoms with Gasteiger partial charge in [-0.15, -0.1) is 0 Å². The van der Waals surface area contributed by atoms with Crippen LogP contribution >= 0.6 is 0 Å². The molecule has 2 saturated heterocycles. The first-order valence-electron chi connectivity index (χ1n) is 13.1. The predicted octanol–water partition coefficient (Wildman–Crippen LogP) is 3.38. The minimum Gasteiger partial charge on any atom is -0.356 e. The van der Waals surface area contributed by atoms with Gasteiger partial charge < -0.3 is 10.2 Å². The van der Waals surface area contributed by atoms with Gasteiger partial charge in [0.1, 0.15) is 19.4 Å². The summed E-state index contributed by atoms with van der Waals surface area (Å²) in [5, 5.41) is 3.26. The molecule has 2 radical (unpaired) electrons. The zero-order valence-electron chi connectivity index (χ0n) is 22.2. The number of anilines is 1. The Balaban J connectivity index is 1.20. The number of amides is 1. The predicted molar refractivity (Wildman–Crippen MR) is 145 cm³/mol. The lowest BCUT2D eigenvalue weighted by molar-refractivity contribution is 0.0901. The van der Waals surface area contributed by atoms with E-state index in [1.807, 2.05) is 13.0 Å². The fourth-order valence-corrected chi connectivity index (χ4v) is 6.93. The van der Waals surface area contributed by atoms with E-state index in [-0.39, 0.29) is 11.4 Å². The lowest BCUT2D eigenvalue weighted by Crippen LogP contribution is -2.46. The normalized spacial score (nSPS) is 28.9. The van der Waals surface area contributed by atoms with Crippen LogP contribution in [0, 0.1) is 29.6 Å². The van der Waals surface area contributed by atoms with Crippen molar-refractivity contribution < 1.29 is 4.79 Å². The van der Waals surface area contributed by atoms with E-state index >= 15 is 0 Å². The van der Waals surface area contributed by atoms with Crippen molar-refractivity contribution in [3.05, 3.63) is 41.9 Å². The number of pyridine rings is 2. The Kier molecular flexibility index (Phi) is 5.84. The Morgan fingerprint density at radius 2 is 1.66 bits per heavy atom. The molecule has 35 heavy (non-hydrogen) atoms. The first kappa shape index (κ1) is 24.4. The zero-order valence-corrected chi connectivity index (χ0v) is 22.2. The van der Waals surface area contributed by atoms with Crippen molar-refractivity contribution in [3.63, 3.8) is 0 Å². The maximum atomic E-state index is 12.9.